The normalized spacial score (nSPS) is 20.1. The molecule has 0 bridgehead atoms. The van der Waals surface area contributed by atoms with Gasteiger partial charge in [-0.2, -0.15) is 0 Å². The number of carbonyl (C=O) groups excluding carboxylic acids is 3. The minimum absolute atomic E-state index is 0.0821. The summed E-state index contributed by atoms with van der Waals surface area (Å²) < 4.78 is 0. The average Bonchev–Trinajstić information content (AvgIpc) is 3.21. The summed E-state index contributed by atoms with van der Waals surface area (Å²) in [7, 11) is 0. The second kappa shape index (κ2) is 6.16. The zero-order valence-electron chi connectivity index (χ0n) is 13.7. The highest BCUT2D eigenvalue weighted by molar-refractivity contribution is 6.05. The largest absolute Gasteiger partial charge is 0.335 e. The van der Waals surface area contributed by atoms with Crippen molar-refractivity contribution in [2.75, 3.05) is 13.1 Å². The number of fused-ring (bicyclic) bond motifs is 1. The van der Waals surface area contributed by atoms with Crippen molar-refractivity contribution >= 4 is 34.1 Å². The average molecular weight is 334 g/mol. The number of imide groups is 1. The van der Waals surface area contributed by atoms with Gasteiger partial charge in [0, 0.05) is 25.9 Å². The molecule has 0 spiro atoms. The first-order valence-corrected chi connectivity index (χ1v) is 8.40. The van der Waals surface area contributed by atoms with Gasteiger partial charge >= 0.3 is 0 Å². The summed E-state index contributed by atoms with van der Waals surface area (Å²) in [6.07, 6.45) is 2.27. The number of nitrogens with one attached hydrogen (secondary N) is 1. The molecule has 1 atom stereocenters. The Morgan fingerprint density at radius 1 is 1.12 bits per heavy atom. The lowest BCUT2D eigenvalue weighted by molar-refractivity contribution is -0.134. The van der Waals surface area contributed by atoms with Crippen LogP contribution in [0.5, 0.6) is 0 Å². The molecule has 0 aromatic heterocycles. The van der Waals surface area contributed by atoms with E-state index in [1.165, 1.54) is 10.8 Å². The Kier molecular flexibility index (Phi) is 3.84. The minimum Gasteiger partial charge on any atom is -0.335 e. The SMILES string of the molecule is O=C1CC(CC(=O)N2CC=C(c3cccc4ccccc34)C2)C(=O)N1. The Morgan fingerprint density at radius 2 is 1.92 bits per heavy atom. The molecule has 25 heavy (non-hydrogen) atoms. The molecule has 0 aliphatic carbocycles. The van der Waals surface area contributed by atoms with Crippen LogP contribution >= 0.6 is 0 Å². The van der Waals surface area contributed by atoms with Gasteiger partial charge in [-0.1, -0.05) is 48.5 Å². The smallest absolute Gasteiger partial charge is 0.230 e. The molecule has 5 nitrogen and oxygen atoms in total. The number of hydrogen-bond donors (Lipinski definition) is 1. The molecule has 2 heterocycles. The van der Waals surface area contributed by atoms with Crippen LogP contribution in [0.4, 0.5) is 0 Å². The maximum absolute atomic E-state index is 12.5. The molecular weight excluding hydrogens is 316 g/mol. The molecule has 0 saturated carbocycles. The van der Waals surface area contributed by atoms with Crippen molar-refractivity contribution in [3.63, 3.8) is 0 Å². The zero-order chi connectivity index (χ0) is 17.4. The first-order valence-electron chi connectivity index (χ1n) is 8.40. The summed E-state index contributed by atoms with van der Waals surface area (Å²) in [4.78, 5) is 37.2. The number of benzene rings is 2. The number of nitrogens with zero attached hydrogens (tertiary/aromatic N) is 1. The molecule has 3 amide bonds. The second-order valence-electron chi connectivity index (χ2n) is 6.55. The highest BCUT2D eigenvalue weighted by Gasteiger charge is 2.34. The summed E-state index contributed by atoms with van der Waals surface area (Å²) in [5.41, 5.74) is 2.26. The third kappa shape index (κ3) is 2.93. The first kappa shape index (κ1) is 15.6. The van der Waals surface area contributed by atoms with E-state index in [0.29, 0.717) is 13.1 Å². The van der Waals surface area contributed by atoms with Crippen molar-refractivity contribution in [2.45, 2.75) is 12.8 Å². The van der Waals surface area contributed by atoms with Crippen molar-refractivity contribution in [2.24, 2.45) is 5.92 Å². The second-order valence-corrected chi connectivity index (χ2v) is 6.55. The number of amides is 3. The van der Waals surface area contributed by atoms with Gasteiger partial charge in [0.1, 0.15) is 0 Å². The predicted molar refractivity (Wildman–Crippen MR) is 94.4 cm³/mol. The lowest BCUT2D eigenvalue weighted by Gasteiger charge is -2.18. The maximum Gasteiger partial charge on any atom is 0.230 e. The third-order valence-electron chi connectivity index (χ3n) is 4.89. The van der Waals surface area contributed by atoms with Crippen LogP contribution in [0.15, 0.2) is 48.5 Å². The summed E-state index contributed by atoms with van der Waals surface area (Å²) in [5, 5.41) is 4.60. The van der Waals surface area contributed by atoms with E-state index in [9.17, 15) is 14.4 Å². The van der Waals surface area contributed by atoms with Crippen LogP contribution in [0.2, 0.25) is 0 Å². The van der Waals surface area contributed by atoms with Crippen molar-refractivity contribution in [3.05, 3.63) is 54.1 Å². The highest BCUT2D eigenvalue weighted by Crippen LogP contribution is 2.29. The molecule has 2 aromatic rings. The number of rotatable bonds is 3. The molecular formula is C20H18N2O3. The summed E-state index contributed by atoms with van der Waals surface area (Å²) in [6.45, 7) is 1.08. The van der Waals surface area contributed by atoms with Crippen LogP contribution in [0, 0.1) is 5.92 Å². The molecule has 2 aliphatic heterocycles. The van der Waals surface area contributed by atoms with Gasteiger partial charge in [0.05, 0.1) is 5.92 Å². The molecule has 2 aromatic carbocycles. The molecule has 2 aliphatic rings. The van der Waals surface area contributed by atoms with Gasteiger partial charge in [-0.15, -0.1) is 0 Å². The molecule has 1 N–H and O–H groups in total. The monoisotopic (exact) mass is 334 g/mol. The highest BCUT2D eigenvalue weighted by atomic mass is 16.2. The minimum atomic E-state index is -0.526. The quantitative estimate of drug-likeness (QED) is 0.875. The summed E-state index contributed by atoms with van der Waals surface area (Å²) in [5.74, 6) is -1.23. The topological polar surface area (TPSA) is 66.5 Å². The maximum atomic E-state index is 12.5. The van der Waals surface area contributed by atoms with Crippen molar-refractivity contribution in [1.82, 2.24) is 10.2 Å². The van der Waals surface area contributed by atoms with Gasteiger partial charge in [-0.05, 0) is 21.9 Å². The fourth-order valence-electron chi connectivity index (χ4n) is 3.56. The van der Waals surface area contributed by atoms with Gasteiger partial charge in [0.2, 0.25) is 17.7 Å². The van der Waals surface area contributed by atoms with E-state index in [1.54, 1.807) is 4.90 Å². The molecule has 1 fully saturated rings. The predicted octanol–water partition coefficient (Wildman–Crippen LogP) is 2.12. The van der Waals surface area contributed by atoms with E-state index in [-0.39, 0.29) is 30.6 Å². The Hall–Kier alpha value is -2.95. The molecule has 1 unspecified atom stereocenters. The fourth-order valence-corrected chi connectivity index (χ4v) is 3.56. The van der Waals surface area contributed by atoms with Crippen molar-refractivity contribution in [1.29, 1.82) is 0 Å². The first-order chi connectivity index (χ1) is 12.1. The molecule has 4 rings (SSSR count). The van der Waals surface area contributed by atoms with E-state index >= 15 is 0 Å². The molecule has 126 valence electrons. The Morgan fingerprint density at radius 3 is 2.72 bits per heavy atom. The molecule has 0 radical (unpaired) electrons. The van der Waals surface area contributed by atoms with Crippen molar-refractivity contribution < 1.29 is 14.4 Å². The fraction of sp³-hybridized carbons (Fsp3) is 0.250. The van der Waals surface area contributed by atoms with Gasteiger partial charge < -0.3 is 4.90 Å². The van der Waals surface area contributed by atoms with E-state index in [0.717, 1.165) is 11.1 Å². The van der Waals surface area contributed by atoms with Crippen molar-refractivity contribution in [3.8, 4) is 0 Å². The standard InChI is InChI=1S/C20H18N2O3/c23-18-10-15(20(25)21-18)11-19(24)22-9-8-14(12-22)17-7-3-5-13-4-1-2-6-16(13)17/h1-8,15H,9-12H2,(H,21,23,25). The third-order valence-corrected chi connectivity index (χ3v) is 4.89. The lowest BCUT2D eigenvalue weighted by atomic mass is 9.98. The molecule has 1 saturated heterocycles. The Labute approximate surface area is 145 Å². The van der Waals surface area contributed by atoms with E-state index < -0.39 is 5.92 Å². The van der Waals surface area contributed by atoms with Gasteiger partial charge in [0.15, 0.2) is 0 Å². The van der Waals surface area contributed by atoms with E-state index in [2.05, 4.69) is 35.7 Å². The van der Waals surface area contributed by atoms with Crippen LogP contribution in [-0.4, -0.2) is 35.7 Å². The van der Waals surface area contributed by atoms with E-state index in [4.69, 9.17) is 0 Å². The van der Waals surface area contributed by atoms with Crippen LogP contribution in [0.25, 0.3) is 16.3 Å². The van der Waals surface area contributed by atoms with Crippen LogP contribution < -0.4 is 5.32 Å². The molecule has 5 heteroatoms. The summed E-state index contributed by atoms with van der Waals surface area (Å²) >= 11 is 0. The Balaban J connectivity index is 1.48. The van der Waals surface area contributed by atoms with Gasteiger partial charge in [0.25, 0.3) is 0 Å². The summed E-state index contributed by atoms with van der Waals surface area (Å²) in [6, 6.07) is 14.4. The van der Waals surface area contributed by atoms with Crippen LogP contribution in [0.1, 0.15) is 18.4 Å². The van der Waals surface area contributed by atoms with Crippen LogP contribution in [-0.2, 0) is 14.4 Å². The zero-order valence-corrected chi connectivity index (χ0v) is 13.7. The van der Waals surface area contributed by atoms with Crippen LogP contribution in [0.3, 0.4) is 0 Å². The van der Waals surface area contributed by atoms with Gasteiger partial charge in [-0.25, -0.2) is 0 Å². The van der Waals surface area contributed by atoms with E-state index in [1.807, 2.05) is 18.2 Å². The number of hydrogen-bond acceptors (Lipinski definition) is 3. The number of carbonyl (C=O) groups is 3. The van der Waals surface area contributed by atoms with Gasteiger partial charge in [-0.3, -0.25) is 19.7 Å². The lowest BCUT2D eigenvalue weighted by Crippen LogP contribution is -2.32. The Bertz CT molecular complexity index is 911.